The number of anilines is 3. The highest BCUT2D eigenvalue weighted by molar-refractivity contribution is 8.01. The number of ether oxygens (including phenoxy) is 1. The quantitative estimate of drug-likeness (QED) is 0.127. The zero-order valence-electron chi connectivity index (χ0n) is 20.4. The van der Waals surface area contributed by atoms with E-state index in [9.17, 15) is 14.0 Å². The molecule has 0 unspecified atom stereocenters. The number of thioether (sulfide) groups is 1. The van der Waals surface area contributed by atoms with Gasteiger partial charge >= 0.3 is 5.97 Å². The van der Waals surface area contributed by atoms with Crippen LogP contribution < -0.4 is 15.4 Å². The Labute approximate surface area is 240 Å². The predicted octanol–water partition coefficient (Wildman–Crippen LogP) is 6.15. The first-order chi connectivity index (χ1) is 18.7. The molecule has 4 aromatic rings. The van der Waals surface area contributed by atoms with Crippen molar-refractivity contribution in [3.05, 3.63) is 51.5 Å². The number of aromatic nitrogens is 4. The van der Waals surface area contributed by atoms with E-state index in [4.69, 9.17) is 33.7 Å². The lowest BCUT2D eigenvalue weighted by Crippen LogP contribution is -2.20. The Morgan fingerprint density at radius 1 is 1.28 bits per heavy atom. The minimum atomic E-state index is -0.897. The molecule has 0 aliphatic carbocycles. The standard InChI is InChI=1S/C24H22ClFN6O4S3/c1-2-6-36-19-10-17-14(22(28-12-27-17)29-13-3-4-16(26)15(25)8-13)9-18(19)30-20(33)11-32-24(37)39-23(31-32)38-7-5-21(34)35/h3-4,8-10,12H,2,5-7,11H2,1H3,(H,30,33)(H,34,35)(H,27,28,29). The SMILES string of the molecule is CCCOc1cc2ncnc(Nc3ccc(F)c(Cl)c3)c2cc1NC(=O)Cn1nc(SCCC(=O)O)sc1=S. The van der Waals surface area contributed by atoms with E-state index in [1.54, 1.807) is 12.1 Å². The number of nitrogens with zero attached hydrogens (tertiary/aromatic N) is 4. The molecule has 0 bridgehead atoms. The summed E-state index contributed by atoms with van der Waals surface area (Å²) in [5.41, 5.74) is 1.48. The van der Waals surface area contributed by atoms with Crippen LogP contribution in [0.4, 0.5) is 21.6 Å². The number of fused-ring (bicyclic) bond motifs is 1. The molecule has 3 N–H and O–H groups in total. The summed E-state index contributed by atoms with van der Waals surface area (Å²) < 4.78 is 21.8. The molecule has 15 heteroatoms. The third kappa shape index (κ3) is 7.62. The van der Waals surface area contributed by atoms with Gasteiger partial charge in [-0.15, -0.1) is 0 Å². The van der Waals surface area contributed by atoms with Crippen molar-refractivity contribution in [3.63, 3.8) is 0 Å². The molecule has 0 atom stereocenters. The molecule has 0 radical (unpaired) electrons. The van der Waals surface area contributed by atoms with E-state index in [-0.39, 0.29) is 18.0 Å². The summed E-state index contributed by atoms with van der Waals surface area (Å²) in [7, 11) is 0. The number of aliphatic carboxylic acids is 1. The molecule has 0 saturated heterocycles. The van der Waals surface area contributed by atoms with Crippen LogP contribution in [0.1, 0.15) is 19.8 Å². The molecule has 2 aromatic heterocycles. The smallest absolute Gasteiger partial charge is 0.304 e. The first kappa shape index (κ1) is 28.7. The van der Waals surface area contributed by atoms with Crippen molar-refractivity contribution >= 4 is 86.9 Å². The monoisotopic (exact) mass is 608 g/mol. The van der Waals surface area contributed by atoms with E-state index in [2.05, 4.69) is 25.7 Å². The van der Waals surface area contributed by atoms with Gasteiger partial charge in [0.1, 0.15) is 30.3 Å². The highest BCUT2D eigenvalue weighted by Crippen LogP contribution is 2.34. The Kier molecular flexibility index (Phi) is 9.67. The van der Waals surface area contributed by atoms with Gasteiger partial charge in [0.2, 0.25) is 5.91 Å². The van der Waals surface area contributed by atoms with Crippen molar-refractivity contribution < 1.29 is 23.8 Å². The fraction of sp³-hybridized carbons (Fsp3) is 0.250. The van der Waals surface area contributed by atoms with Gasteiger partial charge in [0, 0.05) is 22.9 Å². The van der Waals surface area contributed by atoms with Gasteiger partial charge in [-0.05, 0) is 42.9 Å². The van der Waals surface area contributed by atoms with Crippen LogP contribution in [0.5, 0.6) is 5.75 Å². The number of hydrogen-bond acceptors (Lipinski definition) is 10. The average molecular weight is 609 g/mol. The fourth-order valence-corrected chi connectivity index (χ4v) is 5.83. The maximum atomic E-state index is 13.6. The summed E-state index contributed by atoms with van der Waals surface area (Å²) in [6, 6.07) is 7.62. The molecule has 0 fully saturated rings. The second-order valence-corrected chi connectivity index (χ2v) is 11.4. The van der Waals surface area contributed by atoms with Crippen LogP contribution >= 0.6 is 46.9 Å². The molecule has 0 aliphatic rings. The maximum Gasteiger partial charge on any atom is 0.304 e. The van der Waals surface area contributed by atoms with Crippen molar-refractivity contribution in [1.82, 2.24) is 19.7 Å². The summed E-state index contributed by atoms with van der Waals surface area (Å²) in [5, 5.41) is 19.7. The largest absolute Gasteiger partial charge is 0.491 e. The highest BCUT2D eigenvalue weighted by Gasteiger charge is 2.16. The molecule has 2 aromatic carbocycles. The summed E-state index contributed by atoms with van der Waals surface area (Å²) in [4.78, 5) is 32.4. The Bertz CT molecular complexity index is 1580. The second kappa shape index (κ2) is 13.2. The number of carbonyl (C=O) groups is 2. The Hall–Kier alpha value is -3.33. The highest BCUT2D eigenvalue weighted by atomic mass is 35.5. The number of nitrogens with one attached hydrogen (secondary N) is 2. The van der Waals surface area contributed by atoms with E-state index >= 15 is 0 Å². The van der Waals surface area contributed by atoms with Crippen LogP contribution in [0.3, 0.4) is 0 Å². The average Bonchev–Trinajstić information content (AvgIpc) is 3.23. The molecule has 0 spiro atoms. The lowest BCUT2D eigenvalue weighted by atomic mass is 10.1. The Morgan fingerprint density at radius 2 is 2.10 bits per heavy atom. The van der Waals surface area contributed by atoms with Crippen molar-refractivity contribution in [1.29, 1.82) is 0 Å². The van der Waals surface area contributed by atoms with Crippen LogP contribution in [0, 0.1) is 9.77 Å². The normalized spacial score (nSPS) is 10.9. The summed E-state index contributed by atoms with van der Waals surface area (Å²) in [6.07, 6.45) is 2.13. The van der Waals surface area contributed by atoms with Gasteiger partial charge in [0.15, 0.2) is 8.29 Å². The van der Waals surface area contributed by atoms with Crippen molar-refractivity contribution in [2.45, 2.75) is 30.6 Å². The van der Waals surface area contributed by atoms with Crippen LogP contribution in [0.25, 0.3) is 10.9 Å². The first-order valence-corrected chi connectivity index (χ1v) is 14.2. The lowest BCUT2D eigenvalue weighted by Gasteiger charge is -2.15. The number of halogens is 2. The Balaban J connectivity index is 1.58. The van der Waals surface area contributed by atoms with Crippen molar-refractivity contribution in [2.24, 2.45) is 0 Å². The molecule has 4 rings (SSSR count). The van der Waals surface area contributed by atoms with Gasteiger partial charge in [-0.3, -0.25) is 9.59 Å². The number of benzene rings is 2. The second-order valence-electron chi connectivity index (χ2n) is 8.02. The number of amides is 1. The van der Waals surface area contributed by atoms with Crippen LogP contribution in [-0.2, 0) is 16.1 Å². The van der Waals surface area contributed by atoms with Crippen LogP contribution in [0.2, 0.25) is 5.02 Å². The van der Waals surface area contributed by atoms with E-state index in [0.717, 1.165) is 6.42 Å². The third-order valence-corrected chi connectivity index (χ3v) is 7.81. The minimum Gasteiger partial charge on any atom is -0.491 e. The van der Waals surface area contributed by atoms with Gasteiger partial charge in [0.25, 0.3) is 0 Å². The molecule has 2 heterocycles. The summed E-state index contributed by atoms with van der Waals surface area (Å²) >= 11 is 13.7. The number of carboxylic acids is 1. The van der Waals surface area contributed by atoms with E-state index in [1.165, 1.54) is 52.3 Å². The van der Waals surface area contributed by atoms with Gasteiger partial charge in [-0.1, -0.05) is 41.6 Å². The van der Waals surface area contributed by atoms with Crippen LogP contribution in [0.15, 0.2) is 41.0 Å². The molecule has 10 nitrogen and oxygen atoms in total. The Morgan fingerprint density at radius 3 is 2.85 bits per heavy atom. The van der Waals surface area contributed by atoms with E-state index in [1.807, 2.05) is 6.92 Å². The summed E-state index contributed by atoms with van der Waals surface area (Å²) in [5.74, 6) is -0.628. The zero-order valence-corrected chi connectivity index (χ0v) is 23.6. The molecule has 0 saturated carbocycles. The lowest BCUT2D eigenvalue weighted by molar-refractivity contribution is -0.136. The molecule has 39 heavy (non-hydrogen) atoms. The third-order valence-electron chi connectivity index (χ3n) is 5.08. The number of carbonyl (C=O) groups excluding carboxylic acids is 1. The number of carboxylic acid groups (broad SMARTS) is 1. The molecule has 1 amide bonds. The van der Waals surface area contributed by atoms with Gasteiger partial charge in [-0.2, -0.15) is 5.10 Å². The van der Waals surface area contributed by atoms with Crippen molar-refractivity contribution in [2.75, 3.05) is 23.0 Å². The fourth-order valence-electron chi connectivity index (χ4n) is 3.32. The van der Waals surface area contributed by atoms with Gasteiger partial charge < -0.3 is 20.5 Å². The molecule has 0 aliphatic heterocycles. The van der Waals surface area contributed by atoms with Crippen LogP contribution in [-0.4, -0.2) is 49.1 Å². The van der Waals surface area contributed by atoms with Gasteiger partial charge in [-0.25, -0.2) is 19.0 Å². The summed E-state index contributed by atoms with van der Waals surface area (Å²) in [6.45, 7) is 2.24. The first-order valence-electron chi connectivity index (χ1n) is 11.6. The minimum absolute atomic E-state index is 0.00520. The molecule has 204 valence electrons. The van der Waals surface area contributed by atoms with Gasteiger partial charge in [0.05, 0.1) is 29.3 Å². The van der Waals surface area contributed by atoms with E-state index in [0.29, 0.717) is 54.5 Å². The zero-order chi connectivity index (χ0) is 27.9. The van der Waals surface area contributed by atoms with Crippen molar-refractivity contribution in [3.8, 4) is 5.75 Å². The number of hydrogen-bond donors (Lipinski definition) is 3. The maximum absolute atomic E-state index is 13.6. The predicted molar refractivity (Wildman–Crippen MR) is 153 cm³/mol. The van der Waals surface area contributed by atoms with E-state index < -0.39 is 17.7 Å². The molecular formula is C24H22ClFN6O4S3. The molecular weight excluding hydrogens is 587 g/mol. The number of rotatable bonds is 12. The topological polar surface area (TPSA) is 131 Å².